The van der Waals surface area contributed by atoms with Crippen LogP contribution in [0.2, 0.25) is 0 Å². The molecule has 8 atom stereocenters. The number of esters is 4. The van der Waals surface area contributed by atoms with Gasteiger partial charge < -0.3 is 18.9 Å². The zero-order valence-corrected chi connectivity index (χ0v) is 47.3. The quantitative estimate of drug-likeness (QED) is 0.125. The summed E-state index contributed by atoms with van der Waals surface area (Å²) in [5.74, 6) is 9.38. The second kappa shape index (κ2) is 21.6. The van der Waals surface area contributed by atoms with Crippen LogP contribution in [-0.2, 0) is 38.1 Å². The summed E-state index contributed by atoms with van der Waals surface area (Å²) in [4.78, 5) is 48.8. The Morgan fingerprint density at radius 2 is 0.857 bits per heavy atom. The summed E-state index contributed by atoms with van der Waals surface area (Å²) in [6, 6.07) is 0. The lowest BCUT2D eigenvalue weighted by molar-refractivity contribution is -0.218. The van der Waals surface area contributed by atoms with Gasteiger partial charge >= 0.3 is 23.9 Å². The molecule has 8 nitrogen and oxygen atoms in total. The molecule has 12 rings (SSSR count). The predicted octanol–water partition coefficient (Wildman–Crippen LogP) is 15.5. The predicted molar refractivity (Wildman–Crippen MR) is 279 cm³/mol. The Balaban J connectivity index is 0.000000138. The summed E-state index contributed by atoms with van der Waals surface area (Å²) in [6.07, 6.45) is 28.8. The van der Waals surface area contributed by atoms with Gasteiger partial charge in [-0.3, -0.25) is 19.2 Å². The van der Waals surface area contributed by atoms with Gasteiger partial charge in [0.15, 0.2) is 0 Å². The third-order valence-corrected chi connectivity index (χ3v) is 22.6. The maximum Gasteiger partial charge on any atom is 0.312 e. The van der Waals surface area contributed by atoms with Crippen LogP contribution >= 0.6 is 0 Å². The van der Waals surface area contributed by atoms with Gasteiger partial charge in [-0.2, -0.15) is 0 Å². The third-order valence-electron chi connectivity index (χ3n) is 22.6. The van der Waals surface area contributed by atoms with Gasteiger partial charge in [-0.05, 0) is 267 Å². The third kappa shape index (κ3) is 11.1. The Kier molecular flexibility index (Phi) is 17.2. The zero-order valence-electron chi connectivity index (χ0n) is 47.3. The van der Waals surface area contributed by atoms with Crippen LogP contribution in [0.3, 0.4) is 0 Å². The summed E-state index contributed by atoms with van der Waals surface area (Å²) < 4.78 is 24.1. The second-order valence-electron chi connectivity index (χ2n) is 27.7. The summed E-state index contributed by atoms with van der Waals surface area (Å²) >= 11 is 0. The van der Waals surface area contributed by atoms with Crippen molar-refractivity contribution in [2.75, 3.05) is 0 Å². The average molecular weight is 978 g/mol. The fraction of sp³-hybridized carbons (Fsp3) is 0.935. The van der Waals surface area contributed by atoms with Gasteiger partial charge in [-0.1, -0.05) is 55.4 Å². The highest BCUT2D eigenvalue weighted by Gasteiger charge is 2.60. The van der Waals surface area contributed by atoms with E-state index in [-0.39, 0.29) is 68.9 Å². The van der Waals surface area contributed by atoms with E-state index in [1.165, 1.54) is 103 Å². The van der Waals surface area contributed by atoms with Gasteiger partial charge in [0.25, 0.3) is 0 Å². The first-order chi connectivity index (χ1) is 32.9. The number of fused-ring (bicyclic) bond motifs is 4. The topological polar surface area (TPSA) is 105 Å². The van der Waals surface area contributed by atoms with E-state index in [2.05, 4.69) is 48.5 Å². The number of carbonyl (C=O) groups excluding carboxylic acids is 4. The highest BCUT2D eigenvalue weighted by Crippen LogP contribution is 2.62. The van der Waals surface area contributed by atoms with Crippen molar-refractivity contribution in [3.8, 4) is 0 Å². The zero-order chi connectivity index (χ0) is 51.2. The molecule has 400 valence electrons. The molecule has 0 aromatic heterocycles. The number of carbonyl (C=O) groups is 4. The SMILES string of the molecule is CCC(C)(C)C(=O)OC1(CC)C2CC3CC(C2)CC1C3.CCC(C)(C)C(=O)OC1(CC)CC2CCC1C2.CCC(C)C(=O)OC1(C)C2CC3CC(C2)CC1C3.CCC(C)C(=O)OC1(C)CC2CCC1C2. The van der Waals surface area contributed by atoms with Crippen molar-refractivity contribution in [1.29, 1.82) is 0 Å². The van der Waals surface area contributed by atoms with Gasteiger partial charge in [0.05, 0.1) is 22.7 Å². The van der Waals surface area contributed by atoms with Gasteiger partial charge in [0, 0.05) is 0 Å². The van der Waals surface area contributed by atoms with Crippen LogP contribution in [0.5, 0.6) is 0 Å². The molecule has 8 unspecified atom stereocenters. The molecule has 0 heterocycles. The summed E-state index contributed by atoms with van der Waals surface area (Å²) in [5, 5.41) is 0. The van der Waals surface area contributed by atoms with E-state index >= 15 is 0 Å². The monoisotopic (exact) mass is 977 g/mol. The second-order valence-corrected chi connectivity index (χ2v) is 27.7. The minimum Gasteiger partial charge on any atom is -0.459 e. The Morgan fingerprint density at radius 1 is 0.457 bits per heavy atom. The molecule has 0 spiro atoms. The number of rotatable bonds is 14. The molecule has 12 aliphatic rings. The van der Waals surface area contributed by atoms with Crippen LogP contribution in [0.1, 0.15) is 251 Å². The van der Waals surface area contributed by atoms with Crippen LogP contribution in [0.4, 0.5) is 0 Å². The van der Waals surface area contributed by atoms with Crippen molar-refractivity contribution < 1.29 is 38.1 Å². The molecule has 12 fully saturated rings. The fourth-order valence-corrected chi connectivity index (χ4v) is 16.7. The maximum atomic E-state index is 12.6. The van der Waals surface area contributed by atoms with Crippen molar-refractivity contribution in [2.24, 2.45) is 93.7 Å². The standard InChI is InChI=1S/C18H30O2.C16H26O2.C15H26O2.C13H22O2/c1-5-17(3,4)16(19)20-18(6-2)14-8-12-7-13(10-14)11-15(18)9-12;1-4-10(2)15(17)18-16(3)13-6-11-5-12(8-13)9-14(16)7-11;1-5-14(3,4)13(16)17-15(6-2)10-11-7-8-12(15)9-11;1-4-9(2)12(14)15-13(3)8-10-5-6-11(13)7-10/h12-15H,5-11H2,1-4H3;10-14H,4-9H2,1-3H3;11-12H,5-10H2,1-4H3;9-11H,4-8H2,1-3H3. The maximum absolute atomic E-state index is 12.6. The first-order valence-electron chi connectivity index (χ1n) is 29.8. The summed E-state index contributed by atoms with van der Waals surface area (Å²) in [6.45, 7) is 29.0. The fourth-order valence-electron chi connectivity index (χ4n) is 16.7. The molecule has 0 aromatic rings. The molecule has 0 aliphatic heterocycles. The normalized spacial score (nSPS) is 41.8. The number of ether oxygens (including phenoxy) is 4. The molecule has 8 heteroatoms. The van der Waals surface area contributed by atoms with Gasteiger partial charge in [0.2, 0.25) is 0 Å². The minimum absolute atomic E-state index is 0.00699. The van der Waals surface area contributed by atoms with Crippen molar-refractivity contribution in [1.82, 2.24) is 0 Å². The Morgan fingerprint density at radius 3 is 1.21 bits per heavy atom. The van der Waals surface area contributed by atoms with E-state index in [4.69, 9.17) is 18.9 Å². The van der Waals surface area contributed by atoms with Crippen molar-refractivity contribution in [3.63, 3.8) is 0 Å². The van der Waals surface area contributed by atoms with Gasteiger partial charge in [-0.15, -0.1) is 0 Å². The first-order valence-corrected chi connectivity index (χ1v) is 29.8. The van der Waals surface area contributed by atoms with Crippen LogP contribution in [0.25, 0.3) is 0 Å². The Bertz CT molecular complexity index is 1770. The van der Waals surface area contributed by atoms with Crippen LogP contribution in [-0.4, -0.2) is 46.3 Å². The molecule has 0 aromatic carbocycles. The Labute approximate surface area is 427 Å². The molecule has 12 aliphatic carbocycles. The largest absolute Gasteiger partial charge is 0.459 e. The van der Waals surface area contributed by atoms with Crippen molar-refractivity contribution in [3.05, 3.63) is 0 Å². The van der Waals surface area contributed by atoms with Gasteiger partial charge in [0.1, 0.15) is 22.4 Å². The van der Waals surface area contributed by atoms with E-state index in [0.29, 0.717) is 35.5 Å². The summed E-state index contributed by atoms with van der Waals surface area (Å²) in [5.41, 5.74) is -1.19. The molecule has 0 N–H and O–H groups in total. The molecule has 0 amide bonds. The first kappa shape index (κ1) is 55.6. The lowest BCUT2D eigenvalue weighted by atomic mass is 9.49. The van der Waals surface area contributed by atoms with Crippen molar-refractivity contribution in [2.45, 2.75) is 273 Å². The minimum atomic E-state index is -0.336. The van der Waals surface area contributed by atoms with E-state index in [1.54, 1.807) is 0 Å². The molecule has 12 saturated carbocycles. The molecule has 70 heavy (non-hydrogen) atoms. The molecule has 12 bridgehead atoms. The smallest absolute Gasteiger partial charge is 0.312 e. The Hall–Kier alpha value is -2.12. The highest BCUT2D eigenvalue weighted by molar-refractivity contribution is 5.77. The molecule has 0 radical (unpaired) electrons. The van der Waals surface area contributed by atoms with E-state index in [1.807, 2.05) is 48.5 Å². The van der Waals surface area contributed by atoms with E-state index < -0.39 is 0 Å². The summed E-state index contributed by atoms with van der Waals surface area (Å²) in [7, 11) is 0. The highest BCUT2D eigenvalue weighted by atomic mass is 16.6. The van der Waals surface area contributed by atoms with Crippen LogP contribution in [0, 0.1) is 93.7 Å². The van der Waals surface area contributed by atoms with Crippen LogP contribution < -0.4 is 0 Å². The van der Waals surface area contributed by atoms with Crippen molar-refractivity contribution >= 4 is 23.9 Å². The van der Waals surface area contributed by atoms with Crippen LogP contribution in [0.15, 0.2) is 0 Å². The van der Waals surface area contributed by atoms with E-state index in [0.717, 1.165) is 86.9 Å². The molecular formula is C62H104O8. The van der Waals surface area contributed by atoms with E-state index in [9.17, 15) is 19.2 Å². The molecular weight excluding hydrogens is 873 g/mol. The van der Waals surface area contributed by atoms with Gasteiger partial charge in [-0.25, -0.2) is 0 Å². The lowest BCUT2D eigenvalue weighted by Crippen LogP contribution is -2.60. The molecule has 0 saturated heterocycles. The number of hydrogen-bond acceptors (Lipinski definition) is 8. The average Bonchev–Trinajstić information content (AvgIpc) is 4.14. The lowest BCUT2D eigenvalue weighted by Gasteiger charge is -2.60. The number of hydrogen-bond donors (Lipinski definition) is 0.